The van der Waals surface area contributed by atoms with Crippen LogP contribution in [0.15, 0.2) is 101 Å². The number of carbonyl (C=O) groups excluding carboxylic acids is 2. The molecule has 160 valence electrons. The van der Waals surface area contributed by atoms with Crippen molar-refractivity contribution in [2.45, 2.75) is 10.1 Å². The molecule has 0 aliphatic carbocycles. The molecule has 0 saturated carbocycles. The molecular weight excluding hydrogens is 438 g/mol. The molecule has 1 amide bonds. The maximum Gasteiger partial charge on any atom is 0.341 e. The van der Waals surface area contributed by atoms with E-state index in [1.54, 1.807) is 0 Å². The van der Waals surface area contributed by atoms with Crippen LogP contribution in [-0.4, -0.2) is 19.0 Å². The van der Waals surface area contributed by atoms with Gasteiger partial charge < -0.3 is 10.1 Å². The molecule has 1 N–H and O–H groups in total. The summed E-state index contributed by atoms with van der Waals surface area (Å²) in [5, 5.41) is 4.87. The Hall–Kier alpha value is -3.35. The van der Waals surface area contributed by atoms with Crippen molar-refractivity contribution in [3.63, 3.8) is 0 Å². The van der Waals surface area contributed by atoms with E-state index in [0.29, 0.717) is 10.6 Å². The predicted octanol–water partition coefficient (Wildman–Crippen LogP) is 6.67. The lowest BCUT2D eigenvalue weighted by Gasteiger charge is -2.17. The van der Waals surface area contributed by atoms with Crippen LogP contribution >= 0.6 is 23.1 Å². The molecule has 0 bridgehead atoms. The lowest BCUT2D eigenvalue weighted by Crippen LogP contribution is -2.20. The van der Waals surface area contributed by atoms with Crippen molar-refractivity contribution < 1.29 is 14.3 Å². The molecule has 4 nitrogen and oxygen atoms in total. The Labute approximate surface area is 195 Å². The van der Waals surface area contributed by atoms with E-state index in [4.69, 9.17) is 4.74 Å². The average molecular weight is 460 g/mol. The zero-order chi connectivity index (χ0) is 22.3. The largest absolute Gasteiger partial charge is 0.465 e. The standard InChI is InChI=1S/C26H21NO3S2/c1-30-26(29)22-21(18-11-5-2-6-12-18)17-31-25(22)27-24(28)23(19-13-7-3-8-14-19)32-20-15-9-4-10-16-20/h2-17,23H,1H3,(H,27,28). The molecule has 0 aliphatic heterocycles. The molecule has 3 aromatic carbocycles. The Morgan fingerprint density at radius 3 is 2.09 bits per heavy atom. The number of anilines is 1. The van der Waals surface area contributed by atoms with Gasteiger partial charge in [0.2, 0.25) is 5.91 Å². The lowest BCUT2D eigenvalue weighted by atomic mass is 10.0. The number of esters is 1. The van der Waals surface area contributed by atoms with Gasteiger partial charge in [0.25, 0.3) is 0 Å². The van der Waals surface area contributed by atoms with Crippen molar-refractivity contribution in [1.82, 2.24) is 0 Å². The summed E-state index contributed by atoms with van der Waals surface area (Å²) in [5.41, 5.74) is 2.89. The average Bonchev–Trinajstić information content (AvgIpc) is 3.27. The Bertz CT molecular complexity index is 1190. The van der Waals surface area contributed by atoms with Crippen molar-refractivity contribution in [1.29, 1.82) is 0 Å². The van der Waals surface area contributed by atoms with Gasteiger partial charge in [-0.15, -0.1) is 23.1 Å². The summed E-state index contributed by atoms with van der Waals surface area (Å²) < 4.78 is 5.03. The van der Waals surface area contributed by atoms with Gasteiger partial charge >= 0.3 is 5.97 Å². The van der Waals surface area contributed by atoms with Crippen LogP contribution in [0, 0.1) is 0 Å². The van der Waals surface area contributed by atoms with Crippen molar-refractivity contribution in [3.8, 4) is 11.1 Å². The topological polar surface area (TPSA) is 55.4 Å². The normalized spacial score (nSPS) is 11.5. The van der Waals surface area contributed by atoms with E-state index in [-0.39, 0.29) is 5.91 Å². The second kappa shape index (κ2) is 10.3. The second-order valence-electron chi connectivity index (χ2n) is 6.92. The minimum Gasteiger partial charge on any atom is -0.465 e. The van der Waals surface area contributed by atoms with Gasteiger partial charge in [0.15, 0.2) is 0 Å². The van der Waals surface area contributed by atoms with E-state index in [9.17, 15) is 9.59 Å². The zero-order valence-electron chi connectivity index (χ0n) is 17.4. The Morgan fingerprint density at radius 1 is 0.875 bits per heavy atom. The number of thiophene rings is 1. The van der Waals surface area contributed by atoms with Crippen LogP contribution in [-0.2, 0) is 9.53 Å². The first-order valence-corrected chi connectivity index (χ1v) is 11.8. The molecule has 1 unspecified atom stereocenters. The summed E-state index contributed by atoms with van der Waals surface area (Å²) in [6.45, 7) is 0. The fourth-order valence-corrected chi connectivity index (χ4v) is 5.30. The van der Waals surface area contributed by atoms with Crippen molar-refractivity contribution in [2.75, 3.05) is 12.4 Å². The van der Waals surface area contributed by atoms with E-state index in [1.165, 1.54) is 30.2 Å². The van der Waals surface area contributed by atoms with Crippen LogP contribution in [0.4, 0.5) is 5.00 Å². The van der Waals surface area contributed by atoms with Gasteiger partial charge in [-0.2, -0.15) is 0 Å². The van der Waals surface area contributed by atoms with Crippen molar-refractivity contribution in [2.24, 2.45) is 0 Å². The second-order valence-corrected chi connectivity index (χ2v) is 8.98. The molecule has 4 aromatic rings. The van der Waals surface area contributed by atoms with E-state index < -0.39 is 11.2 Å². The number of methoxy groups -OCH3 is 1. The van der Waals surface area contributed by atoms with Gasteiger partial charge in [-0.25, -0.2) is 4.79 Å². The van der Waals surface area contributed by atoms with Crippen LogP contribution < -0.4 is 5.32 Å². The summed E-state index contributed by atoms with van der Waals surface area (Å²) in [5.74, 6) is -0.677. The predicted molar refractivity (Wildman–Crippen MR) is 131 cm³/mol. The first kappa shape index (κ1) is 21.9. The number of hydrogen-bond acceptors (Lipinski definition) is 5. The van der Waals surface area contributed by atoms with E-state index in [1.807, 2.05) is 96.4 Å². The summed E-state index contributed by atoms with van der Waals surface area (Å²) >= 11 is 2.79. The molecule has 1 atom stereocenters. The van der Waals surface area contributed by atoms with Gasteiger partial charge in [0.1, 0.15) is 15.8 Å². The molecular formula is C26H21NO3S2. The van der Waals surface area contributed by atoms with Crippen LogP contribution in [0.2, 0.25) is 0 Å². The third-order valence-corrected chi connectivity index (χ3v) is 7.00. The number of amides is 1. The lowest BCUT2D eigenvalue weighted by molar-refractivity contribution is -0.115. The quantitative estimate of drug-likeness (QED) is 0.248. The molecule has 6 heteroatoms. The number of nitrogens with one attached hydrogen (secondary N) is 1. The summed E-state index contributed by atoms with van der Waals surface area (Å²) in [4.78, 5) is 27.1. The van der Waals surface area contributed by atoms with E-state index in [0.717, 1.165) is 21.6 Å². The molecule has 1 heterocycles. The molecule has 0 fully saturated rings. The maximum absolute atomic E-state index is 13.4. The highest BCUT2D eigenvalue weighted by Gasteiger charge is 2.27. The highest BCUT2D eigenvalue weighted by atomic mass is 32.2. The van der Waals surface area contributed by atoms with Crippen LogP contribution in [0.5, 0.6) is 0 Å². The van der Waals surface area contributed by atoms with E-state index in [2.05, 4.69) is 5.32 Å². The Balaban J connectivity index is 1.67. The molecule has 0 saturated heterocycles. The summed E-state index contributed by atoms with van der Waals surface area (Å²) in [6, 6.07) is 29.0. The van der Waals surface area contributed by atoms with Crippen LogP contribution in [0.1, 0.15) is 21.2 Å². The van der Waals surface area contributed by atoms with Crippen LogP contribution in [0.3, 0.4) is 0 Å². The number of rotatable bonds is 7. The highest BCUT2D eigenvalue weighted by Crippen LogP contribution is 2.39. The Morgan fingerprint density at radius 2 is 1.47 bits per heavy atom. The first-order chi connectivity index (χ1) is 15.7. The zero-order valence-corrected chi connectivity index (χ0v) is 19.0. The van der Waals surface area contributed by atoms with Crippen molar-refractivity contribution >= 4 is 40.0 Å². The number of thioether (sulfide) groups is 1. The summed E-state index contributed by atoms with van der Waals surface area (Å²) in [6.07, 6.45) is 0. The molecule has 0 spiro atoms. The summed E-state index contributed by atoms with van der Waals surface area (Å²) in [7, 11) is 1.35. The number of carbonyl (C=O) groups is 2. The molecule has 1 aromatic heterocycles. The van der Waals surface area contributed by atoms with Gasteiger partial charge in [0, 0.05) is 15.8 Å². The van der Waals surface area contributed by atoms with Crippen molar-refractivity contribution in [3.05, 3.63) is 108 Å². The third kappa shape index (κ3) is 4.93. The number of hydrogen-bond donors (Lipinski definition) is 1. The van der Waals surface area contributed by atoms with Gasteiger partial charge in [-0.1, -0.05) is 78.9 Å². The smallest absolute Gasteiger partial charge is 0.341 e. The fourth-order valence-electron chi connectivity index (χ4n) is 3.30. The molecule has 0 radical (unpaired) electrons. The minimum atomic E-state index is -0.480. The maximum atomic E-state index is 13.4. The van der Waals surface area contributed by atoms with Crippen LogP contribution in [0.25, 0.3) is 11.1 Å². The minimum absolute atomic E-state index is 0.198. The van der Waals surface area contributed by atoms with E-state index >= 15 is 0 Å². The number of benzene rings is 3. The monoisotopic (exact) mass is 459 g/mol. The van der Waals surface area contributed by atoms with Gasteiger partial charge in [-0.3, -0.25) is 4.79 Å². The first-order valence-electron chi connectivity index (χ1n) is 10.00. The number of ether oxygens (including phenoxy) is 1. The molecule has 0 aliphatic rings. The molecule has 32 heavy (non-hydrogen) atoms. The SMILES string of the molecule is COC(=O)c1c(-c2ccccc2)csc1NC(=O)C(Sc1ccccc1)c1ccccc1. The van der Waals surface area contributed by atoms with Gasteiger partial charge in [0.05, 0.1) is 7.11 Å². The van der Waals surface area contributed by atoms with Gasteiger partial charge in [-0.05, 0) is 23.3 Å². The fraction of sp³-hybridized carbons (Fsp3) is 0.0769. The Kier molecular flexibility index (Phi) is 7.04. The molecule has 4 rings (SSSR count). The third-order valence-electron chi connectivity index (χ3n) is 4.84. The highest BCUT2D eigenvalue weighted by molar-refractivity contribution is 8.00.